The molecule has 2 rings (SSSR count). The normalized spacial score (nSPS) is 11.4. The molecule has 2 aromatic rings. The Hall–Kier alpha value is -2.36. The number of aliphatic imine (C=N–C) groups is 1. The number of benzene rings is 1. The van der Waals surface area contributed by atoms with E-state index in [9.17, 15) is 0 Å². The molecular weight excluding hydrogens is 296 g/mol. The maximum absolute atomic E-state index is 4.79. The minimum atomic E-state index is 0.769. The zero-order chi connectivity index (χ0) is 17.4. The molecule has 4 heteroatoms. The van der Waals surface area contributed by atoms with Crippen molar-refractivity contribution >= 4 is 5.96 Å². The van der Waals surface area contributed by atoms with Gasteiger partial charge in [-0.2, -0.15) is 0 Å². The van der Waals surface area contributed by atoms with E-state index in [0.29, 0.717) is 0 Å². The number of guanidine groups is 1. The van der Waals surface area contributed by atoms with Crippen LogP contribution in [0.15, 0.2) is 47.7 Å². The first-order valence-electron chi connectivity index (χ1n) is 8.55. The minimum absolute atomic E-state index is 0.769. The molecule has 0 aliphatic heterocycles. The highest BCUT2D eigenvalue weighted by Crippen LogP contribution is 2.10. The van der Waals surface area contributed by atoms with Crippen molar-refractivity contribution < 1.29 is 0 Å². The fraction of sp³-hybridized carbons (Fsp3) is 0.400. The van der Waals surface area contributed by atoms with Crippen molar-refractivity contribution in [2.75, 3.05) is 20.1 Å². The Morgan fingerprint density at radius 3 is 2.62 bits per heavy atom. The second kappa shape index (κ2) is 9.06. The van der Waals surface area contributed by atoms with E-state index in [1.807, 2.05) is 12.4 Å². The molecule has 0 spiro atoms. The van der Waals surface area contributed by atoms with Gasteiger partial charge in [0.15, 0.2) is 5.96 Å². The third kappa shape index (κ3) is 5.08. The van der Waals surface area contributed by atoms with Crippen LogP contribution in [0.25, 0.3) is 0 Å². The average molecular weight is 324 g/mol. The fourth-order valence-electron chi connectivity index (χ4n) is 2.65. The maximum atomic E-state index is 4.79. The first-order valence-corrected chi connectivity index (χ1v) is 8.55. The molecule has 0 saturated carbocycles. The number of nitrogens with zero attached hydrogens (tertiary/aromatic N) is 3. The quantitative estimate of drug-likeness (QED) is 0.654. The topological polar surface area (TPSA) is 40.5 Å². The Kier molecular flexibility index (Phi) is 6.79. The Bertz CT molecular complexity index is 679. The van der Waals surface area contributed by atoms with Crippen LogP contribution < -0.4 is 5.32 Å². The van der Waals surface area contributed by atoms with Gasteiger partial charge in [0, 0.05) is 39.1 Å². The first kappa shape index (κ1) is 18.0. The highest BCUT2D eigenvalue weighted by Gasteiger charge is 2.08. The van der Waals surface area contributed by atoms with Crippen LogP contribution in [0.2, 0.25) is 0 Å². The number of rotatable bonds is 6. The number of hydrogen-bond acceptors (Lipinski definition) is 2. The largest absolute Gasteiger partial charge is 0.357 e. The number of nitrogens with one attached hydrogen (secondary N) is 1. The van der Waals surface area contributed by atoms with Crippen LogP contribution >= 0.6 is 0 Å². The van der Waals surface area contributed by atoms with Crippen molar-refractivity contribution in [3.8, 4) is 0 Å². The number of hydrogen-bond donors (Lipinski definition) is 1. The summed E-state index contributed by atoms with van der Waals surface area (Å²) in [4.78, 5) is 11.1. The van der Waals surface area contributed by atoms with Crippen LogP contribution in [0, 0.1) is 13.8 Å². The van der Waals surface area contributed by atoms with Crippen molar-refractivity contribution in [1.82, 2.24) is 15.2 Å². The molecule has 0 aliphatic carbocycles. The summed E-state index contributed by atoms with van der Waals surface area (Å²) in [6.07, 6.45) is 4.69. The monoisotopic (exact) mass is 324 g/mol. The third-order valence-corrected chi connectivity index (χ3v) is 4.14. The molecule has 1 heterocycles. The molecule has 0 radical (unpaired) electrons. The van der Waals surface area contributed by atoms with Gasteiger partial charge in [0.1, 0.15) is 0 Å². The summed E-state index contributed by atoms with van der Waals surface area (Å²) >= 11 is 0. The Balaban J connectivity index is 2.02. The molecule has 0 fully saturated rings. The van der Waals surface area contributed by atoms with E-state index >= 15 is 0 Å². The minimum Gasteiger partial charge on any atom is -0.357 e. The lowest BCUT2D eigenvalue weighted by Gasteiger charge is -2.23. The van der Waals surface area contributed by atoms with Gasteiger partial charge in [0.25, 0.3) is 0 Å². The van der Waals surface area contributed by atoms with Gasteiger partial charge in [-0.25, -0.2) is 0 Å². The van der Waals surface area contributed by atoms with Gasteiger partial charge in [-0.1, -0.05) is 24.3 Å². The predicted octanol–water partition coefficient (Wildman–Crippen LogP) is 3.34. The first-order chi connectivity index (χ1) is 11.6. The lowest BCUT2D eigenvalue weighted by atomic mass is 10.1. The van der Waals surface area contributed by atoms with E-state index in [2.05, 4.69) is 73.4 Å². The summed E-state index contributed by atoms with van der Waals surface area (Å²) in [5.74, 6) is 0.951. The summed E-state index contributed by atoms with van der Waals surface area (Å²) in [6, 6.07) is 10.6. The van der Waals surface area contributed by atoms with Gasteiger partial charge in [0.05, 0.1) is 0 Å². The van der Waals surface area contributed by atoms with Crippen LogP contribution in [0.5, 0.6) is 0 Å². The molecule has 128 valence electrons. The number of aromatic nitrogens is 1. The molecule has 1 aromatic carbocycles. The Morgan fingerprint density at radius 1 is 1.12 bits per heavy atom. The van der Waals surface area contributed by atoms with E-state index in [1.54, 1.807) is 0 Å². The summed E-state index contributed by atoms with van der Waals surface area (Å²) in [6.45, 7) is 8.84. The van der Waals surface area contributed by atoms with Gasteiger partial charge in [0.2, 0.25) is 0 Å². The van der Waals surface area contributed by atoms with Gasteiger partial charge in [-0.3, -0.25) is 9.98 Å². The Labute approximate surface area is 145 Å². The summed E-state index contributed by atoms with van der Waals surface area (Å²) < 4.78 is 0. The third-order valence-electron chi connectivity index (χ3n) is 4.14. The summed E-state index contributed by atoms with van der Waals surface area (Å²) in [5.41, 5.74) is 5.18. The molecule has 0 bridgehead atoms. The summed E-state index contributed by atoms with van der Waals surface area (Å²) in [7, 11) is 2.09. The lowest BCUT2D eigenvalue weighted by Crippen LogP contribution is -2.38. The summed E-state index contributed by atoms with van der Waals surface area (Å²) in [5, 5.41) is 3.39. The van der Waals surface area contributed by atoms with Crippen molar-refractivity contribution in [1.29, 1.82) is 0 Å². The second-order valence-corrected chi connectivity index (χ2v) is 6.07. The molecule has 1 aromatic heterocycles. The zero-order valence-electron chi connectivity index (χ0n) is 15.2. The smallest absolute Gasteiger partial charge is 0.193 e. The fourth-order valence-corrected chi connectivity index (χ4v) is 2.65. The van der Waals surface area contributed by atoms with Crippen molar-refractivity contribution in [3.63, 3.8) is 0 Å². The van der Waals surface area contributed by atoms with Crippen LogP contribution in [-0.4, -0.2) is 36.0 Å². The molecule has 0 atom stereocenters. The Morgan fingerprint density at radius 2 is 1.92 bits per heavy atom. The van der Waals surface area contributed by atoms with Crippen LogP contribution in [-0.2, 0) is 13.0 Å². The van der Waals surface area contributed by atoms with Gasteiger partial charge in [-0.15, -0.1) is 0 Å². The highest BCUT2D eigenvalue weighted by atomic mass is 15.3. The van der Waals surface area contributed by atoms with Crippen molar-refractivity contribution in [2.45, 2.75) is 33.7 Å². The SMILES string of the molecule is CCNC(=NCCc1ccncc1C)N(C)Cc1ccccc1C. The molecule has 0 amide bonds. The molecule has 24 heavy (non-hydrogen) atoms. The van der Waals surface area contributed by atoms with Crippen molar-refractivity contribution in [2.24, 2.45) is 4.99 Å². The standard InChI is InChI=1S/C20H28N4/c1-5-22-20(23-13-11-18-10-12-21-14-17(18)3)24(4)15-19-9-7-6-8-16(19)2/h6-10,12,14H,5,11,13,15H2,1-4H3,(H,22,23). The van der Waals surface area contributed by atoms with E-state index in [4.69, 9.17) is 4.99 Å². The van der Waals surface area contributed by atoms with Crippen LogP contribution in [0.3, 0.4) is 0 Å². The van der Waals surface area contributed by atoms with Crippen LogP contribution in [0.1, 0.15) is 29.2 Å². The van der Waals surface area contributed by atoms with E-state index in [1.165, 1.54) is 22.3 Å². The average Bonchev–Trinajstić information content (AvgIpc) is 2.58. The molecular formula is C20H28N4. The van der Waals surface area contributed by atoms with E-state index < -0.39 is 0 Å². The van der Waals surface area contributed by atoms with Crippen LogP contribution in [0.4, 0.5) is 0 Å². The molecule has 1 N–H and O–H groups in total. The highest BCUT2D eigenvalue weighted by molar-refractivity contribution is 5.79. The number of pyridine rings is 1. The van der Waals surface area contributed by atoms with E-state index in [0.717, 1.165) is 32.0 Å². The molecule has 0 unspecified atom stereocenters. The van der Waals surface area contributed by atoms with Crippen molar-refractivity contribution in [3.05, 3.63) is 65.0 Å². The zero-order valence-corrected chi connectivity index (χ0v) is 15.2. The molecule has 4 nitrogen and oxygen atoms in total. The molecule has 0 aliphatic rings. The van der Waals surface area contributed by atoms with E-state index in [-0.39, 0.29) is 0 Å². The van der Waals surface area contributed by atoms with Gasteiger partial charge >= 0.3 is 0 Å². The number of aryl methyl sites for hydroxylation is 2. The predicted molar refractivity (Wildman–Crippen MR) is 101 cm³/mol. The second-order valence-electron chi connectivity index (χ2n) is 6.07. The van der Waals surface area contributed by atoms with Gasteiger partial charge in [-0.05, 0) is 55.5 Å². The van der Waals surface area contributed by atoms with Gasteiger partial charge < -0.3 is 10.2 Å². The maximum Gasteiger partial charge on any atom is 0.193 e. The lowest BCUT2D eigenvalue weighted by molar-refractivity contribution is 0.476. The molecule has 0 saturated heterocycles.